The van der Waals surface area contributed by atoms with Crippen LogP contribution >= 0.6 is 11.8 Å². The molecule has 8 heteroatoms. The first kappa shape index (κ1) is 23.3. The molecule has 33 heavy (non-hydrogen) atoms. The van der Waals surface area contributed by atoms with E-state index < -0.39 is 16.8 Å². The van der Waals surface area contributed by atoms with Gasteiger partial charge in [0, 0.05) is 16.9 Å². The number of amides is 3. The van der Waals surface area contributed by atoms with Gasteiger partial charge in [-0.1, -0.05) is 44.2 Å². The Balaban J connectivity index is 1.49. The maximum atomic E-state index is 13.5. The number of hydrogen-bond acceptors (Lipinski definition) is 4. The molecule has 6 nitrogen and oxygen atoms in total. The third kappa shape index (κ3) is 4.36. The number of rotatable bonds is 6. The van der Waals surface area contributed by atoms with Crippen LogP contribution in [0.1, 0.15) is 54.6 Å². The van der Waals surface area contributed by atoms with Crippen molar-refractivity contribution in [3.8, 4) is 0 Å². The minimum Gasteiger partial charge on any atom is -0.350 e. The second kappa shape index (κ2) is 8.82. The zero-order valence-corrected chi connectivity index (χ0v) is 19.9. The van der Waals surface area contributed by atoms with E-state index in [1.807, 2.05) is 45.9 Å². The second-order valence-electron chi connectivity index (χ2n) is 9.35. The monoisotopic (exact) mass is 469 g/mol. The van der Waals surface area contributed by atoms with Crippen LogP contribution in [-0.4, -0.2) is 39.5 Å². The average molecular weight is 470 g/mol. The van der Waals surface area contributed by atoms with Gasteiger partial charge in [-0.3, -0.25) is 14.4 Å². The van der Waals surface area contributed by atoms with Gasteiger partial charge in [-0.2, -0.15) is 0 Å². The molecule has 2 aliphatic heterocycles. The standard InChI is InChI=1S/C25H28FN3O3S/c1-14(2)19(21(30)27-13-15-9-11-16(26)12-10-15)28-22(31)20-25(3,4)33-24-18-8-6-5-7-17(18)23(32)29(20)24/h5-12,14,19-20,24H,13H2,1-4H3,(H,27,30)(H,28,31)/t19-,20+,24?/m0/s1. The van der Waals surface area contributed by atoms with Crippen molar-refractivity contribution in [1.82, 2.24) is 15.5 Å². The molecule has 3 amide bonds. The van der Waals surface area contributed by atoms with Crippen molar-refractivity contribution >= 4 is 29.5 Å². The first-order chi connectivity index (χ1) is 15.6. The largest absolute Gasteiger partial charge is 0.350 e. The predicted molar refractivity (Wildman–Crippen MR) is 126 cm³/mol. The van der Waals surface area contributed by atoms with Crippen LogP contribution in [0, 0.1) is 11.7 Å². The lowest BCUT2D eigenvalue weighted by atomic mass is 9.98. The van der Waals surface area contributed by atoms with E-state index in [1.165, 1.54) is 12.1 Å². The molecule has 2 N–H and O–H groups in total. The Bertz CT molecular complexity index is 1090. The molecule has 0 bridgehead atoms. The number of fused-ring (bicyclic) bond motifs is 3. The van der Waals surface area contributed by atoms with Crippen molar-refractivity contribution in [1.29, 1.82) is 0 Å². The van der Waals surface area contributed by atoms with Gasteiger partial charge in [0.15, 0.2) is 0 Å². The summed E-state index contributed by atoms with van der Waals surface area (Å²) in [7, 11) is 0. The van der Waals surface area contributed by atoms with Gasteiger partial charge in [0.25, 0.3) is 5.91 Å². The predicted octanol–water partition coefficient (Wildman–Crippen LogP) is 3.63. The summed E-state index contributed by atoms with van der Waals surface area (Å²) in [6.45, 7) is 7.85. The van der Waals surface area contributed by atoms with E-state index in [1.54, 1.807) is 34.9 Å². The van der Waals surface area contributed by atoms with Crippen molar-refractivity contribution in [2.45, 2.75) is 56.4 Å². The SMILES string of the molecule is CC(C)[C@H](NC(=O)[C@H]1N2C(=O)c3ccccc3C2SC1(C)C)C(=O)NCc1ccc(F)cc1. The Kier molecular flexibility index (Phi) is 6.22. The number of halogens is 1. The van der Waals surface area contributed by atoms with Gasteiger partial charge in [0.2, 0.25) is 11.8 Å². The summed E-state index contributed by atoms with van der Waals surface area (Å²) in [6, 6.07) is 11.9. The molecular formula is C25H28FN3O3S. The van der Waals surface area contributed by atoms with Gasteiger partial charge < -0.3 is 15.5 Å². The van der Waals surface area contributed by atoms with Crippen molar-refractivity contribution in [3.63, 3.8) is 0 Å². The van der Waals surface area contributed by atoms with E-state index in [0.717, 1.165) is 11.1 Å². The van der Waals surface area contributed by atoms with Crippen molar-refractivity contribution in [2.75, 3.05) is 0 Å². The van der Waals surface area contributed by atoms with Crippen molar-refractivity contribution in [3.05, 3.63) is 71.0 Å². The summed E-state index contributed by atoms with van der Waals surface area (Å²) in [4.78, 5) is 41.2. The molecule has 0 saturated carbocycles. The van der Waals surface area contributed by atoms with Crippen LogP contribution in [0.25, 0.3) is 0 Å². The zero-order valence-electron chi connectivity index (χ0n) is 19.1. The first-order valence-electron chi connectivity index (χ1n) is 11.0. The van der Waals surface area contributed by atoms with Crippen LogP contribution in [0.3, 0.4) is 0 Å². The van der Waals surface area contributed by atoms with E-state index in [9.17, 15) is 18.8 Å². The van der Waals surface area contributed by atoms with Crippen LogP contribution in [0.2, 0.25) is 0 Å². The smallest absolute Gasteiger partial charge is 0.256 e. The van der Waals surface area contributed by atoms with Gasteiger partial charge in [-0.05, 0) is 49.1 Å². The molecule has 174 valence electrons. The Hall–Kier alpha value is -2.87. The number of nitrogens with zero attached hydrogens (tertiary/aromatic N) is 1. The summed E-state index contributed by atoms with van der Waals surface area (Å²) >= 11 is 1.59. The first-order valence-corrected chi connectivity index (χ1v) is 11.9. The molecule has 1 saturated heterocycles. The Morgan fingerprint density at radius 1 is 1.12 bits per heavy atom. The molecule has 2 aromatic rings. The van der Waals surface area contributed by atoms with Crippen LogP contribution in [0.5, 0.6) is 0 Å². The highest BCUT2D eigenvalue weighted by molar-refractivity contribution is 8.01. The molecule has 0 aliphatic carbocycles. The normalized spacial score (nSPS) is 21.5. The number of carbonyl (C=O) groups excluding carboxylic acids is 3. The van der Waals surface area contributed by atoms with E-state index in [0.29, 0.717) is 5.56 Å². The molecule has 0 radical (unpaired) electrons. The minimum absolute atomic E-state index is 0.157. The number of hydrogen-bond donors (Lipinski definition) is 2. The minimum atomic E-state index is -0.766. The maximum Gasteiger partial charge on any atom is 0.256 e. The third-order valence-corrected chi connectivity index (χ3v) is 7.71. The van der Waals surface area contributed by atoms with E-state index in [-0.39, 0.29) is 41.4 Å². The number of nitrogens with one attached hydrogen (secondary N) is 2. The zero-order chi connectivity index (χ0) is 23.9. The molecule has 2 heterocycles. The Labute approximate surface area is 197 Å². The fourth-order valence-corrected chi connectivity index (χ4v) is 6.06. The maximum absolute atomic E-state index is 13.5. The molecule has 0 aromatic heterocycles. The van der Waals surface area contributed by atoms with E-state index >= 15 is 0 Å². The molecular weight excluding hydrogens is 441 g/mol. The van der Waals surface area contributed by atoms with Crippen LogP contribution in [0.4, 0.5) is 4.39 Å². The van der Waals surface area contributed by atoms with E-state index in [2.05, 4.69) is 10.6 Å². The topological polar surface area (TPSA) is 78.5 Å². The molecule has 2 aromatic carbocycles. The van der Waals surface area contributed by atoms with Gasteiger partial charge in [0.1, 0.15) is 23.3 Å². The van der Waals surface area contributed by atoms with Crippen LogP contribution in [0.15, 0.2) is 48.5 Å². The highest BCUT2D eigenvalue weighted by Crippen LogP contribution is 2.56. The number of carbonyl (C=O) groups is 3. The molecule has 1 unspecified atom stereocenters. The summed E-state index contributed by atoms with van der Waals surface area (Å²) in [6.07, 6.45) is 0. The fourth-order valence-electron chi connectivity index (χ4n) is 4.47. The lowest BCUT2D eigenvalue weighted by Crippen LogP contribution is -2.58. The molecule has 4 rings (SSSR count). The summed E-state index contributed by atoms with van der Waals surface area (Å²) in [5, 5.41) is 5.51. The van der Waals surface area contributed by atoms with Gasteiger partial charge in [-0.15, -0.1) is 11.8 Å². The molecule has 2 aliphatic rings. The van der Waals surface area contributed by atoms with Crippen LogP contribution < -0.4 is 10.6 Å². The quantitative estimate of drug-likeness (QED) is 0.677. The number of benzene rings is 2. The molecule has 3 atom stereocenters. The van der Waals surface area contributed by atoms with Crippen molar-refractivity contribution in [2.24, 2.45) is 5.92 Å². The van der Waals surface area contributed by atoms with Gasteiger partial charge in [0.05, 0.1) is 0 Å². The Morgan fingerprint density at radius 2 is 1.79 bits per heavy atom. The van der Waals surface area contributed by atoms with Gasteiger partial charge in [-0.25, -0.2) is 4.39 Å². The summed E-state index contributed by atoms with van der Waals surface area (Å²) in [5.74, 6) is -1.32. The third-order valence-electron chi connectivity index (χ3n) is 6.17. The lowest BCUT2D eigenvalue weighted by molar-refractivity contribution is -0.132. The molecule has 0 spiro atoms. The Morgan fingerprint density at radius 3 is 2.45 bits per heavy atom. The second-order valence-corrected chi connectivity index (χ2v) is 11.1. The van der Waals surface area contributed by atoms with Gasteiger partial charge >= 0.3 is 0 Å². The highest BCUT2D eigenvalue weighted by atomic mass is 32.2. The highest BCUT2D eigenvalue weighted by Gasteiger charge is 2.57. The average Bonchev–Trinajstić information content (AvgIpc) is 3.20. The molecule has 1 fully saturated rings. The summed E-state index contributed by atoms with van der Waals surface area (Å²) < 4.78 is 12.6. The van der Waals surface area contributed by atoms with Crippen molar-refractivity contribution < 1.29 is 18.8 Å². The lowest BCUT2D eigenvalue weighted by Gasteiger charge is -2.32. The summed E-state index contributed by atoms with van der Waals surface area (Å²) in [5.41, 5.74) is 2.31. The number of thioether (sulfide) groups is 1. The van der Waals surface area contributed by atoms with Crippen LogP contribution in [-0.2, 0) is 16.1 Å². The van der Waals surface area contributed by atoms with E-state index in [4.69, 9.17) is 0 Å². The fraction of sp³-hybridized carbons (Fsp3) is 0.400.